The highest BCUT2D eigenvalue weighted by Crippen LogP contribution is 2.30. The van der Waals surface area contributed by atoms with E-state index in [1.54, 1.807) is 14.0 Å². The van der Waals surface area contributed by atoms with Gasteiger partial charge in [-0.05, 0) is 17.9 Å². The van der Waals surface area contributed by atoms with E-state index in [9.17, 15) is 5.11 Å². The summed E-state index contributed by atoms with van der Waals surface area (Å²) in [6.07, 6.45) is 0.267. The van der Waals surface area contributed by atoms with Crippen molar-refractivity contribution >= 4 is 10.8 Å². The van der Waals surface area contributed by atoms with E-state index in [1.807, 2.05) is 24.3 Å². The molecule has 1 atom stereocenters. The van der Waals surface area contributed by atoms with Gasteiger partial charge in [-0.15, -0.1) is 0 Å². The summed E-state index contributed by atoms with van der Waals surface area (Å²) >= 11 is 0. The van der Waals surface area contributed by atoms with Gasteiger partial charge in [0.05, 0.1) is 13.2 Å². The van der Waals surface area contributed by atoms with Gasteiger partial charge in [0.15, 0.2) is 0 Å². The second-order valence-corrected chi connectivity index (χ2v) is 4.03. The highest BCUT2D eigenvalue weighted by molar-refractivity contribution is 5.89. The highest BCUT2D eigenvalue weighted by atomic mass is 16.5. The molecule has 0 aliphatic carbocycles. The lowest BCUT2D eigenvalue weighted by Crippen LogP contribution is -2.05. The Labute approximate surface area is 95.5 Å². The summed E-state index contributed by atoms with van der Waals surface area (Å²) in [5.41, 5.74) is 1.05. The molecular formula is C14H16O2. The van der Waals surface area contributed by atoms with E-state index in [-0.39, 0.29) is 6.10 Å². The van der Waals surface area contributed by atoms with Crippen molar-refractivity contribution < 1.29 is 9.84 Å². The molecule has 1 N–H and O–H groups in total. The molecule has 2 heteroatoms. The SMILES string of the molecule is COc1c(CC(C)O)ccc2ccccc12. The summed E-state index contributed by atoms with van der Waals surface area (Å²) in [6.45, 7) is 1.79. The fourth-order valence-corrected chi connectivity index (χ4v) is 2.01. The normalized spacial score (nSPS) is 12.7. The van der Waals surface area contributed by atoms with E-state index in [4.69, 9.17) is 4.74 Å². The first-order chi connectivity index (χ1) is 7.72. The summed E-state index contributed by atoms with van der Waals surface area (Å²) < 4.78 is 5.45. The average molecular weight is 216 g/mol. The fraction of sp³-hybridized carbons (Fsp3) is 0.286. The van der Waals surface area contributed by atoms with Crippen LogP contribution in [0, 0.1) is 0 Å². The Morgan fingerprint density at radius 3 is 2.62 bits per heavy atom. The zero-order valence-electron chi connectivity index (χ0n) is 9.60. The maximum atomic E-state index is 9.44. The second kappa shape index (κ2) is 4.54. The van der Waals surface area contributed by atoms with Crippen molar-refractivity contribution in [2.24, 2.45) is 0 Å². The molecule has 0 spiro atoms. The van der Waals surface area contributed by atoms with Gasteiger partial charge in [-0.3, -0.25) is 0 Å². The van der Waals surface area contributed by atoms with E-state index in [0.717, 1.165) is 22.1 Å². The summed E-state index contributed by atoms with van der Waals surface area (Å²) in [5, 5.41) is 11.7. The summed E-state index contributed by atoms with van der Waals surface area (Å²) in [6, 6.07) is 12.2. The van der Waals surface area contributed by atoms with Gasteiger partial charge < -0.3 is 9.84 Å². The molecule has 2 rings (SSSR count). The van der Waals surface area contributed by atoms with Gasteiger partial charge in [0.25, 0.3) is 0 Å². The highest BCUT2D eigenvalue weighted by Gasteiger charge is 2.09. The summed E-state index contributed by atoms with van der Waals surface area (Å²) in [4.78, 5) is 0. The summed E-state index contributed by atoms with van der Waals surface area (Å²) in [7, 11) is 1.67. The van der Waals surface area contributed by atoms with Crippen LogP contribution in [0.1, 0.15) is 12.5 Å². The van der Waals surface area contributed by atoms with Gasteiger partial charge >= 0.3 is 0 Å². The molecule has 1 unspecified atom stereocenters. The van der Waals surface area contributed by atoms with Crippen molar-refractivity contribution in [1.82, 2.24) is 0 Å². The Bertz CT molecular complexity index is 489. The minimum absolute atomic E-state index is 0.352. The lowest BCUT2D eigenvalue weighted by atomic mass is 10.0. The van der Waals surface area contributed by atoms with Crippen molar-refractivity contribution in [1.29, 1.82) is 0 Å². The predicted molar refractivity (Wildman–Crippen MR) is 65.9 cm³/mol. The molecule has 2 aromatic carbocycles. The minimum Gasteiger partial charge on any atom is -0.496 e. The van der Waals surface area contributed by atoms with Gasteiger partial charge in [0.2, 0.25) is 0 Å². The fourth-order valence-electron chi connectivity index (χ4n) is 2.01. The Balaban J connectivity index is 2.58. The molecule has 0 radical (unpaired) electrons. The van der Waals surface area contributed by atoms with E-state index < -0.39 is 0 Å². The van der Waals surface area contributed by atoms with Gasteiger partial charge in [0.1, 0.15) is 5.75 Å². The molecule has 0 heterocycles. The third-order valence-electron chi connectivity index (χ3n) is 2.68. The van der Waals surface area contributed by atoms with Crippen LogP contribution in [0.2, 0.25) is 0 Å². The molecule has 2 aromatic rings. The van der Waals surface area contributed by atoms with Gasteiger partial charge in [-0.25, -0.2) is 0 Å². The molecule has 0 aromatic heterocycles. The van der Waals surface area contributed by atoms with E-state index in [2.05, 4.69) is 12.1 Å². The monoisotopic (exact) mass is 216 g/mol. The second-order valence-electron chi connectivity index (χ2n) is 4.03. The van der Waals surface area contributed by atoms with Crippen LogP contribution in [-0.4, -0.2) is 18.3 Å². The Morgan fingerprint density at radius 2 is 1.94 bits per heavy atom. The van der Waals surface area contributed by atoms with Gasteiger partial charge in [0, 0.05) is 11.8 Å². The number of methoxy groups -OCH3 is 1. The standard InChI is InChI=1S/C14H16O2/c1-10(15)9-12-8-7-11-5-3-4-6-13(11)14(12)16-2/h3-8,10,15H,9H2,1-2H3. The molecule has 0 aliphatic rings. The van der Waals surface area contributed by atoms with Crippen LogP contribution in [0.5, 0.6) is 5.75 Å². The van der Waals surface area contributed by atoms with Crippen LogP contribution in [0.15, 0.2) is 36.4 Å². The molecule has 0 fully saturated rings. The van der Waals surface area contributed by atoms with Crippen LogP contribution < -0.4 is 4.74 Å². The molecule has 0 saturated carbocycles. The van der Waals surface area contributed by atoms with Crippen LogP contribution >= 0.6 is 0 Å². The van der Waals surface area contributed by atoms with Gasteiger partial charge in [-0.2, -0.15) is 0 Å². The van der Waals surface area contributed by atoms with E-state index in [1.165, 1.54) is 0 Å². The minimum atomic E-state index is -0.352. The molecule has 0 saturated heterocycles. The molecule has 0 aliphatic heterocycles. The molecular weight excluding hydrogens is 200 g/mol. The van der Waals surface area contributed by atoms with Crippen molar-refractivity contribution in [3.63, 3.8) is 0 Å². The number of ether oxygens (including phenoxy) is 1. The smallest absolute Gasteiger partial charge is 0.129 e. The zero-order valence-corrected chi connectivity index (χ0v) is 9.60. The Kier molecular flexibility index (Phi) is 3.11. The first kappa shape index (κ1) is 11.0. The lowest BCUT2D eigenvalue weighted by molar-refractivity contribution is 0.194. The molecule has 0 amide bonds. The van der Waals surface area contributed by atoms with Crippen LogP contribution in [0.3, 0.4) is 0 Å². The third-order valence-corrected chi connectivity index (χ3v) is 2.68. The van der Waals surface area contributed by atoms with Crippen molar-refractivity contribution in [2.45, 2.75) is 19.4 Å². The van der Waals surface area contributed by atoms with E-state index in [0.29, 0.717) is 6.42 Å². The first-order valence-corrected chi connectivity index (χ1v) is 5.45. The average Bonchev–Trinajstić information content (AvgIpc) is 2.28. The number of hydrogen-bond donors (Lipinski definition) is 1. The Morgan fingerprint density at radius 1 is 1.19 bits per heavy atom. The molecule has 84 valence electrons. The largest absolute Gasteiger partial charge is 0.496 e. The number of aliphatic hydroxyl groups is 1. The van der Waals surface area contributed by atoms with Crippen LogP contribution in [0.25, 0.3) is 10.8 Å². The molecule has 0 bridgehead atoms. The maximum Gasteiger partial charge on any atom is 0.129 e. The number of rotatable bonds is 3. The predicted octanol–water partition coefficient (Wildman–Crippen LogP) is 2.77. The van der Waals surface area contributed by atoms with E-state index >= 15 is 0 Å². The van der Waals surface area contributed by atoms with Gasteiger partial charge in [-0.1, -0.05) is 36.4 Å². The first-order valence-electron chi connectivity index (χ1n) is 5.45. The molecule has 16 heavy (non-hydrogen) atoms. The van der Waals surface area contributed by atoms with Crippen molar-refractivity contribution in [3.8, 4) is 5.75 Å². The topological polar surface area (TPSA) is 29.5 Å². The van der Waals surface area contributed by atoms with Crippen molar-refractivity contribution in [3.05, 3.63) is 42.0 Å². The van der Waals surface area contributed by atoms with Crippen LogP contribution in [-0.2, 0) is 6.42 Å². The van der Waals surface area contributed by atoms with Crippen molar-refractivity contribution in [2.75, 3.05) is 7.11 Å². The summed E-state index contributed by atoms with van der Waals surface area (Å²) in [5.74, 6) is 0.874. The van der Waals surface area contributed by atoms with Crippen LogP contribution in [0.4, 0.5) is 0 Å². The lowest BCUT2D eigenvalue weighted by Gasteiger charge is -2.12. The maximum absolute atomic E-state index is 9.44. The zero-order chi connectivity index (χ0) is 11.5. The number of hydrogen-bond acceptors (Lipinski definition) is 2. The number of fused-ring (bicyclic) bond motifs is 1. The third kappa shape index (κ3) is 2.02. The Hall–Kier alpha value is -1.54. The number of aliphatic hydroxyl groups excluding tert-OH is 1. The number of benzene rings is 2. The molecule has 2 nitrogen and oxygen atoms in total. The quantitative estimate of drug-likeness (QED) is 0.854.